The van der Waals surface area contributed by atoms with E-state index in [1.165, 1.54) is 43.2 Å². The number of rotatable bonds is 4. The largest absolute Gasteiger partial charge is 0.368 e. The Kier molecular flexibility index (Phi) is 3.35. The molecule has 0 radical (unpaired) electrons. The maximum absolute atomic E-state index is 7.01. The van der Waals surface area contributed by atoms with Gasteiger partial charge in [0.1, 0.15) is 0 Å². The summed E-state index contributed by atoms with van der Waals surface area (Å²) in [5.74, 6) is 1.75. The Bertz CT molecular complexity index is 632. The third kappa shape index (κ3) is 2.59. The summed E-state index contributed by atoms with van der Waals surface area (Å²) in [6.45, 7) is 0. The van der Waals surface area contributed by atoms with Gasteiger partial charge in [-0.05, 0) is 55.1 Å². The minimum Gasteiger partial charge on any atom is -0.368 e. The van der Waals surface area contributed by atoms with E-state index in [-0.39, 0.29) is 11.2 Å². The van der Waals surface area contributed by atoms with Crippen LogP contribution in [0.25, 0.3) is 0 Å². The molecule has 6 rings (SSSR count). The van der Waals surface area contributed by atoms with E-state index in [4.69, 9.17) is 4.74 Å². The molecular weight excluding hydrogens is 292 g/mol. The predicted molar refractivity (Wildman–Crippen MR) is 96.9 cm³/mol. The number of hydrogen-bond acceptors (Lipinski definition) is 1. The summed E-state index contributed by atoms with van der Waals surface area (Å²) in [7, 11) is 0. The highest BCUT2D eigenvalue weighted by atomic mass is 16.5. The molecule has 24 heavy (non-hydrogen) atoms. The fraction of sp³-hybridized carbons (Fsp3) is 0.478. The van der Waals surface area contributed by atoms with Gasteiger partial charge < -0.3 is 4.74 Å². The van der Waals surface area contributed by atoms with Crippen LogP contribution in [-0.2, 0) is 17.6 Å². The van der Waals surface area contributed by atoms with Crippen molar-refractivity contribution in [2.45, 2.75) is 56.1 Å². The molecule has 1 heteroatoms. The van der Waals surface area contributed by atoms with Crippen molar-refractivity contribution in [1.29, 1.82) is 0 Å². The fourth-order valence-corrected chi connectivity index (χ4v) is 6.14. The third-order valence-corrected chi connectivity index (χ3v) is 6.48. The minimum atomic E-state index is 0.0974. The Balaban J connectivity index is 1.44. The van der Waals surface area contributed by atoms with Crippen molar-refractivity contribution in [3.63, 3.8) is 0 Å². The van der Waals surface area contributed by atoms with Crippen molar-refractivity contribution in [3.8, 4) is 0 Å². The van der Waals surface area contributed by atoms with Crippen LogP contribution in [0.4, 0.5) is 0 Å². The third-order valence-electron chi connectivity index (χ3n) is 6.48. The molecule has 2 heterocycles. The molecule has 2 aromatic rings. The van der Waals surface area contributed by atoms with Crippen molar-refractivity contribution in [1.82, 2.24) is 0 Å². The second kappa shape index (κ2) is 5.46. The summed E-state index contributed by atoms with van der Waals surface area (Å²) in [5, 5.41) is 0. The molecule has 2 saturated carbocycles. The molecule has 2 aliphatic heterocycles. The van der Waals surface area contributed by atoms with E-state index in [9.17, 15) is 0 Å². The van der Waals surface area contributed by atoms with Gasteiger partial charge in [0.2, 0.25) is 0 Å². The molecule has 0 amide bonds. The second-order valence-electron chi connectivity index (χ2n) is 8.58. The van der Waals surface area contributed by atoms with Crippen molar-refractivity contribution in [2.75, 3.05) is 0 Å². The Morgan fingerprint density at radius 2 is 1.08 bits per heavy atom. The molecule has 0 N–H and O–H groups in total. The molecule has 4 bridgehead atoms. The SMILES string of the molecule is c1ccc(CC23CC4CC(C2)CC(Cc2ccccc2)(C4)O3)cc1. The first-order valence-electron chi connectivity index (χ1n) is 9.51. The van der Waals surface area contributed by atoms with Crippen LogP contribution in [0.5, 0.6) is 0 Å². The molecule has 124 valence electrons. The van der Waals surface area contributed by atoms with Crippen LogP contribution in [0.2, 0.25) is 0 Å². The first kappa shape index (κ1) is 14.7. The lowest BCUT2D eigenvalue weighted by molar-refractivity contribution is -0.273. The van der Waals surface area contributed by atoms with E-state index in [0.717, 1.165) is 24.7 Å². The summed E-state index contributed by atoms with van der Waals surface area (Å²) in [5.41, 5.74) is 3.07. The fourth-order valence-electron chi connectivity index (χ4n) is 6.14. The molecule has 2 aromatic carbocycles. The van der Waals surface area contributed by atoms with Gasteiger partial charge in [0.15, 0.2) is 0 Å². The molecule has 0 aromatic heterocycles. The molecule has 0 atom stereocenters. The van der Waals surface area contributed by atoms with Crippen molar-refractivity contribution in [2.24, 2.45) is 11.8 Å². The van der Waals surface area contributed by atoms with Crippen LogP contribution in [-0.4, -0.2) is 11.2 Å². The van der Waals surface area contributed by atoms with Crippen LogP contribution in [0, 0.1) is 11.8 Å². The van der Waals surface area contributed by atoms with Crippen molar-refractivity contribution < 1.29 is 4.74 Å². The van der Waals surface area contributed by atoms with Gasteiger partial charge >= 0.3 is 0 Å². The number of benzene rings is 2. The lowest BCUT2D eigenvalue weighted by atomic mass is 9.56. The molecule has 1 nitrogen and oxygen atoms in total. The molecule has 0 spiro atoms. The lowest BCUT2D eigenvalue weighted by Gasteiger charge is -2.62. The van der Waals surface area contributed by atoms with Gasteiger partial charge in [-0.1, -0.05) is 60.7 Å². The Labute approximate surface area is 145 Å². The van der Waals surface area contributed by atoms with Crippen LogP contribution in [0.15, 0.2) is 60.7 Å². The Hall–Kier alpha value is -1.60. The Morgan fingerprint density at radius 3 is 1.50 bits per heavy atom. The molecule has 2 aliphatic carbocycles. The minimum absolute atomic E-state index is 0.0974. The zero-order valence-corrected chi connectivity index (χ0v) is 14.3. The summed E-state index contributed by atoms with van der Waals surface area (Å²) >= 11 is 0. The van der Waals surface area contributed by atoms with Gasteiger partial charge in [-0.2, -0.15) is 0 Å². The maximum atomic E-state index is 7.01. The van der Waals surface area contributed by atoms with Gasteiger partial charge in [0.05, 0.1) is 11.2 Å². The summed E-state index contributed by atoms with van der Waals surface area (Å²) < 4.78 is 7.01. The van der Waals surface area contributed by atoms with E-state index in [1.54, 1.807) is 0 Å². The highest BCUT2D eigenvalue weighted by Crippen LogP contribution is 2.59. The zero-order chi connectivity index (χ0) is 16.0. The topological polar surface area (TPSA) is 9.23 Å². The van der Waals surface area contributed by atoms with Crippen LogP contribution in [0.3, 0.4) is 0 Å². The smallest absolute Gasteiger partial charge is 0.0735 e. The first-order valence-corrected chi connectivity index (χ1v) is 9.51. The maximum Gasteiger partial charge on any atom is 0.0735 e. The van der Waals surface area contributed by atoms with Gasteiger partial charge in [-0.25, -0.2) is 0 Å². The molecule has 0 unspecified atom stereocenters. The molecule has 4 aliphatic rings. The normalized spacial score (nSPS) is 36.8. The summed E-state index contributed by atoms with van der Waals surface area (Å²) in [6, 6.07) is 22.0. The van der Waals surface area contributed by atoms with Crippen LogP contribution >= 0.6 is 0 Å². The lowest BCUT2D eigenvalue weighted by Crippen LogP contribution is -2.62. The van der Waals surface area contributed by atoms with Gasteiger partial charge in [-0.15, -0.1) is 0 Å². The number of hydrogen-bond donors (Lipinski definition) is 0. The van der Waals surface area contributed by atoms with Crippen LogP contribution in [0.1, 0.15) is 43.2 Å². The van der Waals surface area contributed by atoms with Gasteiger partial charge in [0.25, 0.3) is 0 Å². The van der Waals surface area contributed by atoms with E-state index in [2.05, 4.69) is 60.7 Å². The molecule has 4 fully saturated rings. The molecule has 2 saturated heterocycles. The van der Waals surface area contributed by atoms with Gasteiger partial charge in [-0.3, -0.25) is 0 Å². The monoisotopic (exact) mass is 318 g/mol. The number of ether oxygens (including phenoxy) is 1. The van der Waals surface area contributed by atoms with E-state index < -0.39 is 0 Å². The van der Waals surface area contributed by atoms with E-state index >= 15 is 0 Å². The standard InChI is InChI=1S/C23H26O/c1-3-7-18(8-4-1)12-22-14-20-11-21(15-22)17-23(16-20,24-22)13-19-9-5-2-6-10-19/h1-10,20-21H,11-17H2. The highest BCUT2D eigenvalue weighted by molar-refractivity contribution is 5.23. The zero-order valence-electron chi connectivity index (χ0n) is 14.3. The van der Waals surface area contributed by atoms with Crippen LogP contribution < -0.4 is 0 Å². The molecular formula is C23H26O. The summed E-state index contributed by atoms with van der Waals surface area (Å²) in [4.78, 5) is 0. The first-order chi connectivity index (χ1) is 11.7. The predicted octanol–water partition coefficient (Wildman–Crippen LogP) is 5.19. The van der Waals surface area contributed by atoms with Crippen molar-refractivity contribution >= 4 is 0 Å². The highest BCUT2D eigenvalue weighted by Gasteiger charge is 2.58. The second-order valence-corrected chi connectivity index (χ2v) is 8.58. The van der Waals surface area contributed by atoms with E-state index in [1.807, 2.05) is 0 Å². The average Bonchev–Trinajstić information content (AvgIpc) is 2.54. The summed E-state index contributed by atoms with van der Waals surface area (Å²) in [6.07, 6.45) is 8.72. The van der Waals surface area contributed by atoms with Crippen molar-refractivity contribution in [3.05, 3.63) is 71.8 Å². The Morgan fingerprint density at radius 1 is 0.667 bits per heavy atom. The van der Waals surface area contributed by atoms with Gasteiger partial charge in [0, 0.05) is 12.8 Å². The quantitative estimate of drug-likeness (QED) is 0.754. The average molecular weight is 318 g/mol. The van der Waals surface area contributed by atoms with E-state index in [0.29, 0.717) is 0 Å².